The summed E-state index contributed by atoms with van der Waals surface area (Å²) in [6.07, 6.45) is 15.2. The average Bonchev–Trinajstić information content (AvgIpc) is 2.49. The lowest BCUT2D eigenvalue weighted by Crippen LogP contribution is -2.49. The first kappa shape index (κ1) is 18.9. The summed E-state index contributed by atoms with van der Waals surface area (Å²) in [5.74, 6) is 0. The zero-order chi connectivity index (χ0) is 15.3. The monoisotopic (exact) mass is 298 g/mol. The molecule has 1 fully saturated rings. The number of nitrogens with two attached hydrogens (primary N) is 1. The zero-order valence-corrected chi connectivity index (χ0v) is 14.5. The molecule has 0 amide bonds. The van der Waals surface area contributed by atoms with Crippen LogP contribution in [0.3, 0.4) is 0 Å². The van der Waals surface area contributed by atoms with E-state index in [1.54, 1.807) is 0 Å². The van der Waals surface area contributed by atoms with Crippen molar-refractivity contribution in [3.8, 4) is 0 Å². The molecular weight excluding hydrogens is 260 g/mol. The molecule has 2 unspecified atom stereocenters. The fourth-order valence-corrected chi connectivity index (χ4v) is 3.12. The van der Waals surface area contributed by atoms with Gasteiger partial charge in [-0.1, -0.05) is 71.1 Å². The Bertz CT molecular complexity index is 235. The lowest BCUT2D eigenvalue weighted by atomic mass is 10.0. The molecular formula is C18H38N2O. The molecule has 1 aliphatic heterocycles. The Balaban J connectivity index is 1.87. The first-order chi connectivity index (χ1) is 10.2. The number of rotatable bonds is 12. The first-order valence-corrected chi connectivity index (χ1v) is 9.29. The van der Waals surface area contributed by atoms with Gasteiger partial charge in [-0.2, -0.15) is 0 Å². The molecule has 0 spiro atoms. The lowest BCUT2D eigenvalue weighted by molar-refractivity contribution is -0.0335. The molecule has 126 valence electrons. The molecule has 0 radical (unpaired) electrons. The number of nitrogens with zero attached hydrogens (tertiary/aromatic N) is 1. The second kappa shape index (κ2) is 12.4. The molecule has 21 heavy (non-hydrogen) atoms. The van der Waals surface area contributed by atoms with Crippen molar-refractivity contribution in [2.75, 3.05) is 26.7 Å². The summed E-state index contributed by atoms with van der Waals surface area (Å²) < 4.78 is 5.79. The van der Waals surface area contributed by atoms with E-state index in [2.05, 4.69) is 18.9 Å². The van der Waals surface area contributed by atoms with Gasteiger partial charge in [0.2, 0.25) is 0 Å². The number of hydrogen-bond donors (Lipinski definition) is 1. The molecule has 1 saturated heterocycles. The molecule has 0 aromatic carbocycles. The molecule has 0 aromatic rings. The number of ether oxygens (including phenoxy) is 1. The topological polar surface area (TPSA) is 38.5 Å². The van der Waals surface area contributed by atoms with Crippen molar-refractivity contribution < 1.29 is 4.74 Å². The van der Waals surface area contributed by atoms with Gasteiger partial charge >= 0.3 is 0 Å². The molecule has 0 saturated carbocycles. The van der Waals surface area contributed by atoms with Crippen molar-refractivity contribution in [1.82, 2.24) is 4.90 Å². The number of unbranched alkanes of at least 4 members (excludes halogenated alkanes) is 9. The van der Waals surface area contributed by atoms with Crippen molar-refractivity contribution in [1.29, 1.82) is 0 Å². The Morgan fingerprint density at radius 3 is 2.14 bits per heavy atom. The molecule has 2 atom stereocenters. The highest BCUT2D eigenvalue weighted by Crippen LogP contribution is 2.14. The summed E-state index contributed by atoms with van der Waals surface area (Å²) in [6, 6.07) is 0.224. The Morgan fingerprint density at radius 1 is 1.00 bits per heavy atom. The second-order valence-corrected chi connectivity index (χ2v) is 6.81. The SMILES string of the molecule is CCCCCCCCCCCCC(N)C1CN(C)CCO1. The van der Waals surface area contributed by atoms with E-state index in [0.29, 0.717) is 0 Å². The molecule has 1 rings (SSSR count). The Morgan fingerprint density at radius 2 is 1.57 bits per heavy atom. The molecule has 2 N–H and O–H groups in total. The van der Waals surface area contributed by atoms with Gasteiger partial charge in [-0.15, -0.1) is 0 Å². The third-order valence-corrected chi connectivity index (χ3v) is 4.67. The van der Waals surface area contributed by atoms with Crippen LogP contribution in [-0.2, 0) is 4.74 Å². The predicted octanol–water partition coefficient (Wildman–Crippen LogP) is 3.96. The van der Waals surface area contributed by atoms with Gasteiger partial charge in [-0.05, 0) is 13.5 Å². The first-order valence-electron chi connectivity index (χ1n) is 9.29. The maximum atomic E-state index is 6.27. The molecule has 3 heteroatoms. The Kier molecular flexibility index (Phi) is 11.2. The van der Waals surface area contributed by atoms with Crippen LogP contribution in [0.2, 0.25) is 0 Å². The molecule has 0 aliphatic carbocycles. The normalized spacial score (nSPS) is 21.6. The van der Waals surface area contributed by atoms with Gasteiger partial charge in [0.1, 0.15) is 0 Å². The second-order valence-electron chi connectivity index (χ2n) is 6.81. The lowest BCUT2D eigenvalue weighted by Gasteiger charge is -2.33. The van der Waals surface area contributed by atoms with Crippen LogP contribution in [0.25, 0.3) is 0 Å². The minimum absolute atomic E-state index is 0.224. The summed E-state index contributed by atoms with van der Waals surface area (Å²) in [5.41, 5.74) is 6.27. The van der Waals surface area contributed by atoms with Crippen molar-refractivity contribution in [3.05, 3.63) is 0 Å². The quantitative estimate of drug-likeness (QED) is 0.554. The zero-order valence-electron chi connectivity index (χ0n) is 14.5. The number of likely N-dealkylation sites (N-methyl/N-ethyl adjacent to an activating group) is 1. The van der Waals surface area contributed by atoms with Crippen LogP contribution in [0.4, 0.5) is 0 Å². The summed E-state index contributed by atoms with van der Waals surface area (Å²) >= 11 is 0. The van der Waals surface area contributed by atoms with E-state index in [0.717, 1.165) is 26.1 Å². The fraction of sp³-hybridized carbons (Fsp3) is 1.00. The Labute approximate surface area is 132 Å². The highest BCUT2D eigenvalue weighted by Gasteiger charge is 2.23. The van der Waals surface area contributed by atoms with Crippen LogP contribution in [0.5, 0.6) is 0 Å². The minimum atomic E-state index is 0.224. The largest absolute Gasteiger partial charge is 0.374 e. The van der Waals surface area contributed by atoms with Crippen LogP contribution < -0.4 is 5.73 Å². The smallest absolute Gasteiger partial charge is 0.0853 e. The maximum absolute atomic E-state index is 6.27. The van der Waals surface area contributed by atoms with Crippen molar-refractivity contribution in [3.63, 3.8) is 0 Å². The average molecular weight is 299 g/mol. The summed E-state index contributed by atoms with van der Waals surface area (Å²) in [6.45, 7) is 5.16. The van der Waals surface area contributed by atoms with Crippen molar-refractivity contribution in [2.24, 2.45) is 5.73 Å². The summed E-state index contributed by atoms with van der Waals surface area (Å²) in [5, 5.41) is 0. The number of hydrogen-bond acceptors (Lipinski definition) is 3. The molecule has 1 aliphatic rings. The molecule has 3 nitrogen and oxygen atoms in total. The van der Waals surface area contributed by atoms with Gasteiger partial charge in [0.05, 0.1) is 12.7 Å². The van der Waals surface area contributed by atoms with E-state index < -0.39 is 0 Å². The van der Waals surface area contributed by atoms with Gasteiger partial charge in [0.15, 0.2) is 0 Å². The van der Waals surface area contributed by atoms with Crippen LogP contribution >= 0.6 is 0 Å². The van der Waals surface area contributed by atoms with Crippen LogP contribution in [0.15, 0.2) is 0 Å². The van der Waals surface area contributed by atoms with Gasteiger partial charge in [-0.25, -0.2) is 0 Å². The molecule has 1 heterocycles. The molecule has 0 aromatic heterocycles. The third-order valence-electron chi connectivity index (χ3n) is 4.67. The van der Waals surface area contributed by atoms with Gasteiger partial charge < -0.3 is 15.4 Å². The van der Waals surface area contributed by atoms with Crippen LogP contribution in [-0.4, -0.2) is 43.8 Å². The van der Waals surface area contributed by atoms with E-state index >= 15 is 0 Å². The molecule has 0 bridgehead atoms. The van der Waals surface area contributed by atoms with E-state index in [4.69, 9.17) is 10.5 Å². The van der Waals surface area contributed by atoms with E-state index in [1.165, 1.54) is 64.2 Å². The summed E-state index contributed by atoms with van der Waals surface area (Å²) in [7, 11) is 2.16. The van der Waals surface area contributed by atoms with Crippen LogP contribution in [0.1, 0.15) is 77.6 Å². The highest BCUT2D eigenvalue weighted by molar-refractivity contribution is 4.79. The summed E-state index contributed by atoms with van der Waals surface area (Å²) in [4.78, 5) is 2.33. The third kappa shape index (κ3) is 9.49. The van der Waals surface area contributed by atoms with Gasteiger partial charge in [-0.3, -0.25) is 0 Å². The van der Waals surface area contributed by atoms with E-state index in [1.807, 2.05) is 0 Å². The maximum Gasteiger partial charge on any atom is 0.0853 e. The minimum Gasteiger partial charge on any atom is -0.374 e. The van der Waals surface area contributed by atoms with Crippen molar-refractivity contribution in [2.45, 2.75) is 89.7 Å². The van der Waals surface area contributed by atoms with E-state index in [9.17, 15) is 0 Å². The number of morpholine rings is 1. The predicted molar refractivity (Wildman–Crippen MR) is 91.7 cm³/mol. The standard InChI is InChI=1S/C18H38N2O/c1-3-4-5-6-7-8-9-10-11-12-13-17(19)18-16-20(2)14-15-21-18/h17-18H,3-16,19H2,1-2H3. The van der Waals surface area contributed by atoms with Crippen molar-refractivity contribution >= 4 is 0 Å². The van der Waals surface area contributed by atoms with Gasteiger partial charge in [0, 0.05) is 19.1 Å². The van der Waals surface area contributed by atoms with E-state index in [-0.39, 0.29) is 12.1 Å². The Hall–Kier alpha value is -0.120. The van der Waals surface area contributed by atoms with Crippen LogP contribution in [0, 0.1) is 0 Å². The van der Waals surface area contributed by atoms with Gasteiger partial charge in [0.25, 0.3) is 0 Å². The fourth-order valence-electron chi connectivity index (χ4n) is 3.12. The highest BCUT2D eigenvalue weighted by atomic mass is 16.5.